The third-order valence-corrected chi connectivity index (χ3v) is 8.10. The van der Waals surface area contributed by atoms with E-state index in [2.05, 4.69) is 25.2 Å². The van der Waals surface area contributed by atoms with Crippen molar-refractivity contribution in [2.75, 3.05) is 26.2 Å². The van der Waals surface area contributed by atoms with Crippen LogP contribution in [0.5, 0.6) is 5.88 Å². The van der Waals surface area contributed by atoms with Crippen LogP contribution in [0.1, 0.15) is 75.2 Å². The Morgan fingerprint density at radius 3 is 2.61 bits per heavy atom. The number of ether oxygens (including phenoxy) is 1. The molecule has 3 aromatic rings. The summed E-state index contributed by atoms with van der Waals surface area (Å²) in [7, 11) is 0. The summed E-state index contributed by atoms with van der Waals surface area (Å²) >= 11 is 5.99. The number of hydrogen-bond donors (Lipinski definition) is 2. The number of benzene rings is 1. The molecule has 2 aromatic heterocycles. The first-order valence-corrected chi connectivity index (χ1v) is 15.0. The van der Waals surface area contributed by atoms with Gasteiger partial charge in [0, 0.05) is 41.2 Å². The van der Waals surface area contributed by atoms with E-state index in [1.165, 1.54) is 25.3 Å². The minimum atomic E-state index is -0.609. The molecule has 3 heterocycles. The maximum Gasteiger partial charge on any atom is 0.280 e. The molecule has 2 amide bonds. The van der Waals surface area contributed by atoms with Crippen LogP contribution in [-0.2, 0) is 4.79 Å². The fourth-order valence-electron chi connectivity index (χ4n) is 5.85. The van der Waals surface area contributed by atoms with Crippen LogP contribution in [-0.4, -0.2) is 63.5 Å². The third kappa shape index (κ3) is 7.35. The Hall–Kier alpha value is -3.24. The van der Waals surface area contributed by atoms with E-state index < -0.39 is 11.7 Å². The van der Waals surface area contributed by atoms with Crippen molar-refractivity contribution in [3.05, 3.63) is 52.5 Å². The van der Waals surface area contributed by atoms with Crippen LogP contribution in [0.25, 0.3) is 11.0 Å². The second kappa shape index (κ2) is 13.2. The van der Waals surface area contributed by atoms with Crippen molar-refractivity contribution in [1.29, 1.82) is 0 Å². The monoisotopic (exact) mass is 584 g/mol. The molecule has 0 bridgehead atoms. The quantitative estimate of drug-likeness (QED) is 0.387. The maximum atomic E-state index is 14.0. The minimum Gasteiger partial charge on any atom is -0.476 e. The van der Waals surface area contributed by atoms with Gasteiger partial charge in [0.1, 0.15) is 12.4 Å². The topological polar surface area (TPSA) is 105 Å². The van der Waals surface area contributed by atoms with E-state index >= 15 is 0 Å². The molecule has 5 rings (SSSR count). The van der Waals surface area contributed by atoms with Crippen LogP contribution in [0.2, 0.25) is 5.02 Å². The van der Waals surface area contributed by atoms with Crippen LogP contribution in [0.3, 0.4) is 0 Å². The number of imidazole rings is 1. The van der Waals surface area contributed by atoms with Gasteiger partial charge in [-0.15, -0.1) is 0 Å². The molecule has 0 spiro atoms. The van der Waals surface area contributed by atoms with Gasteiger partial charge < -0.3 is 19.6 Å². The standard InChI is InChI=1S/C30H38ClFN6O3/c1-19(2)34-28(39)20-6-8-24(9-7-20)38-26-17-27(41-13-12-37-10-4-3-5-11-37)33-18-25(26)35-30(38)36-29(40)21-14-22(31)16-23(32)15-21/h14-20,24H,3-13H2,1-2H3,(H,34,39)(H,35,36,40)/t20-,24+. The molecule has 2 aliphatic rings. The molecule has 220 valence electrons. The number of fused-ring (bicyclic) bond motifs is 1. The number of hydrogen-bond acceptors (Lipinski definition) is 5. The van der Waals surface area contributed by atoms with Crippen molar-refractivity contribution in [2.24, 2.45) is 10.9 Å². The summed E-state index contributed by atoms with van der Waals surface area (Å²) in [5, 5.41) is 3.15. The molecular weight excluding hydrogens is 547 g/mol. The molecule has 0 radical (unpaired) electrons. The summed E-state index contributed by atoms with van der Waals surface area (Å²) in [5.41, 5.74) is 1.92. The lowest BCUT2D eigenvalue weighted by atomic mass is 9.85. The molecule has 1 aliphatic carbocycles. The predicted molar refractivity (Wildman–Crippen MR) is 155 cm³/mol. The summed E-state index contributed by atoms with van der Waals surface area (Å²) in [6.07, 6.45) is 8.35. The van der Waals surface area contributed by atoms with Gasteiger partial charge in [0.2, 0.25) is 17.4 Å². The van der Waals surface area contributed by atoms with E-state index in [1.54, 1.807) is 6.20 Å². The van der Waals surface area contributed by atoms with Gasteiger partial charge in [0.05, 0.1) is 17.2 Å². The average molecular weight is 585 g/mol. The molecule has 1 aliphatic heterocycles. The predicted octanol–water partition coefficient (Wildman–Crippen LogP) is 5.02. The fraction of sp³-hybridized carbons (Fsp3) is 0.533. The van der Waals surface area contributed by atoms with E-state index in [1.807, 2.05) is 24.5 Å². The Balaban J connectivity index is 1.43. The molecule has 2 N–H and O–H groups in total. The number of halogens is 2. The Morgan fingerprint density at radius 1 is 1.15 bits per heavy atom. The van der Waals surface area contributed by atoms with E-state index in [0.717, 1.165) is 63.0 Å². The van der Waals surface area contributed by atoms with Gasteiger partial charge in [-0.1, -0.05) is 18.0 Å². The lowest BCUT2D eigenvalue weighted by molar-refractivity contribution is -0.126. The minimum absolute atomic E-state index is 0.00176. The number of carbonyl (C=O) groups is 2. The van der Waals surface area contributed by atoms with E-state index in [4.69, 9.17) is 16.3 Å². The maximum absolute atomic E-state index is 14.0. The van der Waals surface area contributed by atoms with Gasteiger partial charge in [-0.25, -0.2) is 9.37 Å². The molecule has 1 saturated carbocycles. The lowest BCUT2D eigenvalue weighted by Crippen LogP contribution is -2.38. The van der Waals surface area contributed by atoms with Gasteiger partial charge in [-0.2, -0.15) is 4.99 Å². The normalized spacial score (nSPS) is 20.5. The Morgan fingerprint density at radius 2 is 1.90 bits per heavy atom. The van der Waals surface area contributed by atoms with Gasteiger partial charge in [-0.05, 0) is 83.7 Å². The zero-order valence-electron chi connectivity index (χ0n) is 23.7. The van der Waals surface area contributed by atoms with Crippen molar-refractivity contribution in [3.8, 4) is 5.88 Å². The molecular formula is C30H38ClFN6O3. The number of aromatic nitrogens is 3. The lowest BCUT2D eigenvalue weighted by Gasteiger charge is -2.29. The van der Waals surface area contributed by atoms with Gasteiger partial charge in [0.25, 0.3) is 5.91 Å². The highest BCUT2D eigenvalue weighted by atomic mass is 35.5. The number of aromatic amines is 1. The number of rotatable bonds is 8. The number of amides is 2. The number of H-pyrrole nitrogens is 1. The van der Waals surface area contributed by atoms with Crippen LogP contribution in [0, 0.1) is 11.7 Å². The van der Waals surface area contributed by atoms with Gasteiger partial charge in [0.15, 0.2) is 0 Å². The fourth-order valence-corrected chi connectivity index (χ4v) is 6.07. The Bertz CT molecular complexity index is 1430. The molecule has 1 aromatic carbocycles. The highest BCUT2D eigenvalue weighted by Crippen LogP contribution is 2.34. The molecule has 9 nitrogen and oxygen atoms in total. The van der Waals surface area contributed by atoms with Crippen LogP contribution < -0.4 is 15.7 Å². The number of nitrogens with one attached hydrogen (secondary N) is 2. The van der Waals surface area contributed by atoms with E-state index in [0.29, 0.717) is 23.6 Å². The largest absolute Gasteiger partial charge is 0.476 e. The van der Waals surface area contributed by atoms with Gasteiger partial charge in [-0.3, -0.25) is 14.5 Å². The first-order valence-electron chi connectivity index (χ1n) is 14.6. The first kappa shape index (κ1) is 29.3. The molecule has 1 saturated heterocycles. The molecule has 0 atom stereocenters. The second-order valence-corrected chi connectivity index (χ2v) is 11.8. The number of pyridine rings is 1. The first-order chi connectivity index (χ1) is 19.8. The van der Waals surface area contributed by atoms with Crippen molar-refractivity contribution >= 4 is 34.4 Å². The number of piperidine rings is 1. The molecule has 11 heteroatoms. The van der Waals surface area contributed by atoms with Crippen molar-refractivity contribution in [3.63, 3.8) is 0 Å². The van der Waals surface area contributed by atoms with Gasteiger partial charge >= 0.3 is 0 Å². The summed E-state index contributed by atoms with van der Waals surface area (Å²) in [5.74, 6) is -0.677. The third-order valence-electron chi connectivity index (χ3n) is 7.88. The van der Waals surface area contributed by atoms with Crippen molar-refractivity contribution in [2.45, 2.75) is 70.9 Å². The van der Waals surface area contributed by atoms with Crippen molar-refractivity contribution in [1.82, 2.24) is 24.8 Å². The smallest absolute Gasteiger partial charge is 0.280 e. The summed E-state index contributed by atoms with van der Waals surface area (Å²) in [6, 6.07) is 5.64. The number of nitrogens with zero attached hydrogens (tertiary/aromatic N) is 4. The Labute approximate surface area is 244 Å². The SMILES string of the molecule is CC(C)NC(=O)[C@H]1CC[C@@H](n2/c(=N/C(=O)c3cc(F)cc(Cl)c3)[nH]c3cnc(OCCN4CCCCC4)cc32)CC1. The molecule has 0 unspecified atom stereocenters. The van der Waals surface area contributed by atoms with E-state index in [-0.39, 0.29) is 34.5 Å². The van der Waals surface area contributed by atoms with Crippen molar-refractivity contribution < 1.29 is 18.7 Å². The summed E-state index contributed by atoms with van der Waals surface area (Å²) in [4.78, 5) is 40.2. The number of carbonyl (C=O) groups excluding carboxylic acids is 2. The molecule has 41 heavy (non-hydrogen) atoms. The average Bonchev–Trinajstić information content (AvgIpc) is 3.29. The second-order valence-electron chi connectivity index (χ2n) is 11.4. The summed E-state index contributed by atoms with van der Waals surface area (Å²) in [6.45, 7) is 7.50. The summed E-state index contributed by atoms with van der Waals surface area (Å²) < 4.78 is 22.0. The highest BCUT2D eigenvalue weighted by molar-refractivity contribution is 6.31. The molecule has 2 fully saturated rings. The Kier molecular flexibility index (Phi) is 9.39. The zero-order valence-corrected chi connectivity index (χ0v) is 24.4. The zero-order chi connectivity index (χ0) is 28.9. The van der Waals surface area contributed by atoms with Crippen LogP contribution in [0.15, 0.2) is 35.5 Å². The number of likely N-dealkylation sites (tertiary alicyclic amines) is 1. The van der Waals surface area contributed by atoms with E-state index in [9.17, 15) is 14.0 Å². The van der Waals surface area contributed by atoms with Crippen LogP contribution in [0.4, 0.5) is 4.39 Å². The van der Waals surface area contributed by atoms with Crippen LogP contribution >= 0.6 is 11.6 Å². The highest BCUT2D eigenvalue weighted by Gasteiger charge is 2.29.